The van der Waals surface area contributed by atoms with Crippen molar-refractivity contribution >= 4 is 10.0 Å². The van der Waals surface area contributed by atoms with E-state index in [1.807, 2.05) is 6.92 Å². The van der Waals surface area contributed by atoms with Crippen LogP contribution in [-0.2, 0) is 10.0 Å². The Bertz CT molecular complexity index is 323. The van der Waals surface area contributed by atoms with Crippen molar-refractivity contribution < 1.29 is 26.0 Å². The van der Waals surface area contributed by atoms with Crippen LogP contribution in [0.25, 0.3) is 0 Å². The lowest BCUT2D eigenvalue weighted by Gasteiger charge is -2.15. The molecule has 0 saturated carbocycles. The van der Waals surface area contributed by atoms with Crippen LogP contribution in [0.4, 0.5) is 17.6 Å². The minimum atomic E-state index is -4.34. The first-order valence-electron chi connectivity index (χ1n) is 5.55. The van der Waals surface area contributed by atoms with Crippen LogP contribution < -0.4 is 10.0 Å². The highest BCUT2D eigenvalue weighted by Crippen LogP contribution is 2.21. The lowest BCUT2D eigenvalue weighted by atomic mass is 10.4. The zero-order valence-electron chi connectivity index (χ0n) is 10.1. The average molecular weight is 294 g/mol. The molecule has 0 aliphatic rings. The van der Waals surface area contributed by atoms with E-state index in [9.17, 15) is 26.0 Å². The summed E-state index contributed by atoms with van der Waals surface area (Å²) in [5.41, 5.74) is 0. The van der Waals surface area contributed by atoms with E-state index in [1.165, 1.54) is 4.72 Å². The Labute approximate surface area is 104 Å². The molecule has 4 nitrogen and oxygen atoms in total. The summed E-state index contributed by atoms with van der Waals surface area (Å²) in [5.74, 6) is -4.71. The lowest BCUT2D eigenvalue weighted by molar-refractivity contribution is -0.122. The van der Waals surface area contributed by atoms with Gasteiger partial charge in [0.15, 0.2) is 0 Å². The van der Waals surface area contributed by atoms with Gasteiger partial charge in [-0.1, -0.05) is 6.92 Å². The fourth-order valence-corrected chi connectivity index (χ4v) is 2.13. The van der Waals surface area contributed by atoms with Crippen molar-refractivity contribution in [2.75, 3.05) is 25.4 Å². The Balaban J connectivity index is 3.94. The summed E-state index contributed by atoms with van der Waals surface area (Å²) in [6.45, 7) is 1.53. The number of rotatable bonds is 10. The number of sulfonamides is 1. The van der Waals surface area contributed by atoms with Crippen LogP contribution in [0.1, 0.15) is 19.8 Å². The maximum atomic E-state index is 12.5. The van der Waals surface area contributed by atoms with Crippen LogP contribution in [-0.4, -0.2) is 46.2 Å². The summed E-state index contributed by atoms with van der Waals surface area (Å²) >= 11 is 0. The van der Waals surface area contributed by atoms with E-state index < -0.39 is 28.9 Å². The number of alkyl halides is 4. The van der Waals surface area contributed by atoms with E-state index in [0.29, 0.717) is 6.54 Å². The van der Waals surface area contributed by atoms with Gasteiger partial charge in [0.2, 0.25) is 10.0 Å². The quantitative estimate of drug-likeness (QED) is 0.470. The molecular formula is C9H18F4N2O2S. The summed E-state index contributed by atoms with van der Waals surface area (Å²) in [5, 5.41) is 2.94. The Morgan fingerprint density at radius 2 is 1.83 bits per heavy atom. The zero-order valence-corrected chi connectivity index (χ0v) is 10.9. The standard InChI is InChI=1S/C9H18F4N2O2S/c1-2-4-14-5-3-6-18(16,17)15-7-9(12,13)8(10)11/h8,14-15H,2-7H2,1H3. The van der Waals surface area contributed by atoms with Crippen molar-refractivity contribution in [2.24, 2.45) is 0 Å². The smallest absolute Gasteiger partial charge is 0.317 e. The van der Waals surface area contributed by atoms with Gasteiger partial charge in [0.25, 0.3) is 0 Å². The molecule has 0 unspecified atom stereocenters. The Morgan fingerprint density at radius 3 is 2.33 bits per heavy atom. The molecule has 0 atom stereocenters. The summed E-state index contributed by atoms with van der Waals surface area (Å²) in [6, 6.07) is 0. The normalized spacial score (nSPS) is 13.2. The van der Waals surface area contributed by atoms with Crippen molar-refractivity contribution in [1.82, 2.24) is 10.0 Å². The maximum Gasteiger partial charge on any atom is 0.320 e. The number of nitrogens with one attached hydrogen (secondary N) is 2. The largest absolute Gasteiger partial charge is 0.320 e. The van der Waals surface area contributed by atoms with Gasteiger partial charge in [-0.3, -0.25) is 0 Å². The SMILES string of the molecule is CCCNCCCS(=O)(=O)NCC(F)(F)C(F)F. The van der Waals surface area contributed by atoms with Crippen LogP contribution in [0.15, 0.2) is 0 Å². The van der Waals surface area contributed by atoms with E-state index in [2.05, 4.69) is 5.32 Å². The first-order valence-corrected chi connectivity index (χ1v) is 7.20. The fourth-order valence-electron chi connectivity index (χ4n) is 1.04. The molecule has 0 aliphatic carbocycles. The average Bonchev–Trinajstić information content (AvgIpc) is 2.26. The van der Waals surface area contributed by atoms with Gasteiger partial charge in [-0.05, 0) is 25.9 Å². The zero-order chi connectivity index (χ0) is 14.2. The van der Waals surface area contributed by atoms with Gasteiger partial charge in [0.1, 0.15) is 0 Å². The molecule has 2 N–H and O–H groups in total. The van der Waals surface area contributed by atoms with Crippen molar-refractivity contribution in [1.29, 1.82) is 0 Å². The van der Waals surface area contributed by atoms with Crippen molar-refractivity contribution in [3.63, 3.8) is 0 Å². The van der Waals surface area contributed by atoms with Crippen molar-refractivity contribution in [3.8, 4) is 0 Å². The summed E-state index contributed by atoms with van der Waals surface area (Å²) < 4.78 is 72.4. The third kappa shape index (κ3) is 7.83. The molecular weight excluding hydrogens is 276 g/mol. The summed E-state index contributed by atoms with van der Waals surface area (Å²) in [7, 11) is -3.94. The second kappa shape index (κ2) is 7.90. The van der Waals surface area contributed by atoms with Crippen LogP contribution in [0, 0.1) is 0 Å². The van der Waals surface area contributed by atoms with E-state index in [0.717, 1.165) is 13.0 Å². The first-order chi connectivity index (χ1) is 8.21. The molecule has 9 heteroatoms. The second-order valence-corrected chi connectivity index (χ2v) is 5.73. The number of hydrogen-bond donors (Lipinski definition) is 2. The van der Waals surface area contributed by atoms with Gasteiger partial charge < -0.3 is 5.32 Å². The third-order valence-electron chi connectivity index (χ3n) is 2.04. The van der Waals surface area contributed by atoms with Gasteiger partial charge in [0.05, 0.1) is 12.3 Å². The van der Waals surface area contributed by atoms with Crippen LogP contribution >= 0.6 is 0 Å². The third-order valence-corrected chi connectivity index (χ3v) is 3.45. The second-order valence-electron chi connectivity index (χ2n) is 3.81. The molecule has 0 aromatic heterocycles. The molecule has 0 bridgehead atoms. The molecule has 0 aromatic rings. The van der Waals surface area contributed by atoms with Gasteiger partial charge in [-0.2, -0.15) is 8.78 Å². The van der Waals surface area contributed by atoms with E-state index in [4.69, 9.17) is 0 Å². The van der Waals surface area contributed by atoms with Crippen LogP contribution in [0.2, 0.25) is 0 Å². The lowest BCUT2D eigenvalue weighted by Crippen LogP contribution is -2.42. The Hall–Kier alpha value is -0.410. The number of hydrogen-bond acceptors (Lipinski definition) is 3. The predicted octanol–water partition coefficient (Wildman–Crippen LogP) is 1.20. The van der Waals surface area contributed by atoms with E-state index >= 15 is 0 Å². The maximum absolute atomic E-state index is 12.5. The molecule has 0 aromatic carbocycles. The van der Waals surface area contributed by atoms with E-state index in [1.54, 1.807) is 0 Å². The first kappa shape index (κ1) is 17.6. The Morgan fingerprint density at radius 1 is 1.22 bits per heavy atom. The summed E-state index contributed by atoms with van der Waals surface area (Å²) in [6.07, 6.45) is -2.76. The van der Waals surface area contributed by atoms with Crippen molar-refractivity contribution in [3.05, 3.63) is 0 Å². The summed E-state index contributed by atoms with van der Waals surface area (Å²) in [4.78, 5) is 0. The molecule has 0 aliphatic heterocycles. The molecule has 0 amide bonds. The van der Waals surface area contributed by atoms with Crippen LogP contribution in [0.3, 0.4) is 0 Å². The molecule has 0 spiro atoms. The molecule has 0 heterocycles. The minimum absolute atomic E-state index is 0.232. The highest BCUT2D eigenvalue weighted by Gasteiger charge is 2.41. The molecule has 0 rings (SSSR count). The van der Waals surface area contributed by atoms with E-state index in [-0.39, 0.29) is 12.2 Å². The highest BCUT2D eigenvalue weighted by atomic mass is 32.2. The van der Waals surface area contributed by atoms with Gasteiger partial charge in [0, 0.05) is 0 Å². The van der Waals surface area contributed by atoms with Crippen LogP contribution in [0.5, 0.6) is 0 Å². The molecule has 18 heavy (non-hydrogen) atoms. The molecule has 110 valence electrons. The van der Waals surface area contributed by atoms with Gasteiger partial charge in [-0.15, -0.1) is 0 Å². The fraction of sp³-hybridized carbons (Fsp3) is 1.00. The molecule has 0 saturated heterocycles. The van der Waals surface area contributed by atoms with Gasteiger partial charge in [-0.25, -0.2) is 21.9 Å². The van der Waals surface area contributed by atoms with Gasteiger partial charge >= 0.3 is 12.3 Å². The topological polar surface area (TPSA) is 58.2 Å². The Kier molecular flexibility index (Phi) is 7.72. The predicted molar refractivity (Wildman–Crippen MR) is 60.5 cm³/mol. The number of halogens is 4. The highest BCUT2D eigenvalue weighted by molar-refractivity contribution is 7.89. The molecule has 0 fully saturated rings. The van der Waals surface area contributed by atoms with Crippen molar-refractivity contribution in [2.45, 2.75) is 32.1 Å². The molecule has 0 radical (unpaired) electrons. The minimum Gasteiger partial charge on any atom is -0.317 e. The monoisotopic (exact) mass is 294 g/mol.